The monoisotopic (exact) mass is 283 g/mol. The SMILES string of the molecule is O=Cc1cc(Br)c(O)c(CN2CCCC2)c1. The quantitative estimate of drug-likeness (QED) is 0.867. The Morgan fingerprint density at radius 1 is 1.38 bits per heavy atom. The van der Waals surface area contributed by atoms with Gasteiger partial charge in [-0.1, -0.05) is 0 Å². The third-order valence-corrected chi connectivity index (χ3v) is 3.50. The van der Waals surface area contributed by atoms with Crippen LogP contribution in [0.2, 0.25) is 0 Å². The minimum Gasteiger partial charge on any atom is -0.506 e. The van der Waals surface area contributed by atoms with Crippen molar-refractivity contribution in [3.8, 4) is 5.75 Å². The molecular weight excluding hydrogens is 270 g/mol. The maximum absolute atomic E-state index is 10.7. The van der Waals surface area contributed by atoms with Gasteiger partial charge in [-0.05, 0) is 54.0 Å². The van der Waals surface area contributed by atoms with Gasteiger partial charge in [-0.25, -0.2) is 0 Å². The minimum atomic E-state index is 0.248. The summed E-state index contributed by atoms with van der Waals surface area (Å²) in [7, 11) is 0. The fourth-order valence-electron chi connectivity index (χ4n) is 2.05. The summed E-state index contributed by atoms with van der Waals surface area (Å²) in [4.78, 5) is 13.0. The molecule has 1 aromatic rings. The fraction of sp³-hybridized carbons (Fsp3) is 0.417. The zero-order valence-electron chi connectivity index (χ0n) is 8.95. The molecule has 1 saturated heterocycles. The average molecular weight is 284 g/mol. The van der Waals surface area contributed by atoms with E-state index in [-0.39, 0.29) is 5.75 Å². The zero-order chi connectivity index (χ0) is 11.5. The molecule has 0 aliphatic carbocycles. The summed E-state index contributed by atoms with van der Waals surface area (Å²) < 4.78 is 0.589. The number of hydrogen-bond acceptors (Lipinski definition) is 3. The van der Waals surface area contributed by atoms with Crippen LogP contribution in [-0.2, 0) is 6.54 Å². The van der Waals surface area contributed by atoms with E-state index in [2.05, 4.69) is 20.8 Å². The Balaban J connectivity index is 2.24. The van der Waals surface area contributed by atoms with E-state index in [1.807, 2.05) is 0 Å². The van der Waals surface area contributed by atoms with Crippen LogP contribution in [0, 0.1) is 0 Å². The molecular formula is C12H14BrNO2. The fourth-order valence-corrected chi connectivity index (χ4v) is 2.57. The first-order valence-corrected chi connectivity index (χ1v) is 6.19. The van der Waals surface area contributed by atoms with E-state index in [9.17, 15) is 9.90 Å². The van der Waals surface area contributed by atoms with E-state index in [4.69, 9.17) is 0 Å². The number of nitrogens with zero attached hydrogens (tertiary/aromatic N) is 1. The van der Waals surface area contributed by atoms with Crippen molar-refractivity contribution in [3.63, 3.8) is 0 Å². The van der Waals surface area contributed by atoms with Crippen molar-refractivity contribution >= 4 is 22.2 Å². The van der Waals surface area contributed by atoms with Crippen LogP contribution in [-0.4, -0.2) is 29.4 Å². The lowest BCUT2D eigenvalue weighted by Crippen LogP contribution is -2.18. The predicted octanol–water partition coefficient (Wildman–Crippen LogP) is 2.56. The Hall–Kier alpha value is -0.870. The smallest absolute Gasteiger partial charge is 0.150 e. The van der Waals surface area contributed by atoms with Crippen LogP contribution < -0.4 is 0 Å². The van der Waals surface area contributed by atoms with E-state index in [1.165, 1.54) is 12.8 Å². The van der Waals surface area contributed by atoms with Crippen LogP contribution >= 0.6 is 15.9 Å². The number of likely N-dealkylation sites (tertiary alicyclic amines) is 1. The largest absolute Gasteiger partial charge is 0.506 e. The highest BCUT2D eigenvalue weighted by Gasteiger charge is 2.15. The minimum absolute atomic E-state index is 0.248. The second kappa shape index (κ2) is 4.97. The van der Waals surface area contributed by atoms with Crippen LogP contribution in [0.15, 0.2) is 16.6 Å². The van der Waals surface area contributed by atoms with E-state index >= 15 is 0 Å². The maximum Gasteiger partial charge on any atom is 0.150 e. The number of aromatic hydroxyl groups is 1. The van der Waals surface area contributed by atoms with Gasteiger partial charge >= 0.3 is 0 Å². The molecule has 1 aliphatic rings. The highest BCUT2D eigenvalue weighted by molar-refractivity contribution is 9.10. The summed E-state index contributed by atoms with van der Waals surface area (Å²) >= 11 is 3.26. The number of phenolic OH excluding ortho intramolecular Hbond substituents is 1. The predicted molar refractivity (Wildman–Crippen MR) is 65.7 cm³/mol. The van der Waals surface area contributed by atoms with E-state index < -0.39 is 0 Å². The number of benzene rings is 1. The summed E-state index contributed by atoms with van der Waals surface area (Å²) in [6.45, 7) is 2.86. The third kappa shape index (κ3) is 2.44. The van der Waals surface area contributed by atoms with Crippen molar-refractivity contribution in [2.24, 2.45) is 0 Å². The molecule has 1 aliphatic heterocycles. The van der Waals surface area contributed by atoms with E-state index in [1.54, 1.807) is 12.1 Å². The van der Waals surface area contributed by atoms with Crippen LogP contribution in [0.5, 0.6) is 5.75 Å². The van der Waals surface area contributed by atoms with Crippen LogP contribution in [0.25, 0.3) is 0 Å². The molecule has 0 bridgehead atoms. The Bertz CT molecular complexity index is 400. The molecule has 1 fully saturated rings. The summed E-state index contributed by atoms with van der Waals surface area (Å²) in [5.74, 6) is 0.248. The normalized spacial score (nSPS) is 16.6. The standard InChI is InChI=1S/C12H14BrNO2/c13-11-6-9(8-15)5-10(12(11)16)7-14-3-1-2-4-14/h5-6,8,16H,1-4,7H2. The lowest BCUT2D eigenvalue weighted by Gasteiger charge is -2.16. The molecule has 0 atom stereocenters. The molecule has 1 heterocycles. The molecule has 86 valence electrons. The van der Waals surface area contributed by atoms with Gasteiger partial charge in [-0.15, -0.1) is 0 Å². The number of aldehydes is 1. The van der Waals surface area contributed by atoms with Crippen LogP contribution in [0.4, 0.5) is 0 Å². The third-order valence-electron chi connectivity index (χ3n) is 2.89. The number of rotatable bonds is 3. The number of hydrogen-bond donors (Lipinski definition) is 1. The second-order valence-corrected chi connectivity index (χ2v) is 4.97. The molecule has 0 spiro atoms. The summed E-state index contributed by atoms with van der Waals surface area (Å²) in [5, 5.41) is 9.89. The maximum atomic E-state index is 10.7. The van der Waals surface area contributed by atoms with Crippen molar-refractivity contribution < 1.29 is 9.90 Å². The molecule has 16 heavy (non-hydrogen) atoms. The van der Waals surface area contributed by atoms with Gasteiger partial charge in [-0.3, -0.25) is 9.69 Å². The lowest BCUT2D eigenvalue weighted by atomic mass is 10.1. The van der Waals surface area contributed by atoms with Gasteiger partial charge < -0.3 is 5.11 Å². The zero-order valence-corrected chi connectivity index (χ0v) is 10.5. The topological polar surface area (TPSA) is 40.5 Å². The molecule has 0 radical (unpaired) electrons. The van der Waals surface area contributed by atoms with Crippen molar-refractivity contribution in [3.05, 3.63) is 27.7 Å². The molecule has 0 unspecified atom stereocenters. The Kier molecular flexibility index (Phi) is 3.61. The average Bonchev–Trinajstić information content (AvgIpc) is 2.77. The molecule has 1 N–H and O–H groups in total. The molecule has 4 heteroatoms. The van der Waals surface area contributed by atoms with Gasteiger partial charge in [-0.2, -0.15) is 0 Å². The van der Waals surface area contributed by atoms with Gasteiger partial charge in [0.15, 0.2) is 0 Å². The second-order valence-electron chi connectivity index (χ2n) is 4.11. The lowest BCUT2D eigenvalue weighted by molar-refractivity contribution is 0.112. The Morgan fingerprint density at radius 2 is 2.06 bits per heavy atom. The Labute approximate surface area is 103 Å². The summed E-state index contributed by atoms with van der Waals surface area (Å²) in [6, 6.07) is 3.39. The number of carbonyl (C=O) groups is 1. The molecule has 0 aromatic heterocycles. The number of halogens is 1. The van der Waals surface area contributed by atoms with Crippen LogP contribution in [0.3, 0.4) is 0 Å². The highest BCUT2D eigenvalue weighted by Crippen LogP contribution is 2.30. The van der Waals surface area contributed by atoms with Gasteiger partial charge in [0.1, 0.15) is 12.0 Å². The van der Waals surface area contributed by atoms with E-state index in [0.717, 1.165) is 24.9 Å². The van der Waals surface area contributed by atoms with Gasteiger partial charge in [0.05, 0.1) is 4.47 Å². The van der Waals surface area contributed by atoms with Crippen molar-refractivity contribution in [1.82, 2.24) is 4.90 Å². The first-order valence-electron chi connectivity index (χ1n) is 5.39. The summed E-state index contributed by atoms with van der Waals surface area (Å²) in [5.41, 5.74) is 1.41. The highest BCUT2D eigenvalue weighted by atomic mass is 79.9. The molecule has 0 amide bonds. The molecule has 0 saturated carbocycles. The molecule has 3 nitrogen and oxygen atoms in total. The summed E-state index contributed by atoms with van der Waals surface area (Å²) in [6.07, 6.45) is 3.24. The van der Waals surface area contributed by atoms with Gasteiger partial charge in [0.25, 0.3) is 0 Å². The first kappa shape index (κ1) is 11.6. The Morgan fingerprint density at radius 3 is 2.69 bits per heavy atom. The van der Waals surface area contributed by atoms with E-state index in [0.29, 0.717) is 16.6 Å². The van der Waals surface area contributed by atoms with Crippen molar-refractivity contribution in [2.75, 3.05) is 13.1 Å². The van der Waals surface area contributed by atoms with Crippen molar-refractivity contribution in [2.45, 2.75) is 19.4 Å². The van der Waals surface area contributed by atoms with Gasteiger partial charge in [0.2, 0.25) is 0 Å². The molecule has 1 aromatic carbocycles. The number of carbonyl (C=O) groups excluding carboxylic acids is 1. The van der Waals surface area contributed by atoms with Gasteiger partial charge in [0, 0.05) is 17.7 Å². The number of phenols is 1. The first-order chi connectivity index (χ1) is 7.70. The van der Waals surface area contributed by atoms with Crippen molar-refractivity contribution in [1.29, 1.82) is 0 Å². The molecule has 2 rings (SSSR count). The van der Waals surface area contributed by atoms with Crippen LogP contribution in [0.1, 0.15) is 28.8 Å².